The summed E-state index contributed by atoms with van der Waals surface area (Å²) in [6, 6.07) is 3.98. The second kappa shape index (κ2) is 11.1. The van der Waals surface area contributed by atoms with Gasteiger partial charge in [0.15, 0.2) is 0 Å². The van der Waals surface area contributed by atoms with Gasteiger partial charge in [-0.05, 0) is 38.1 Å². The molecule has 0 radical (unpaired) electrons. The molecule has 2 heterocycles. The Balaban J connectivity index is 1.93. The van der Waals surface area contributed by atoms with E-state index in [1.54, 1.807) is 6.20 Å². The van der Waals surface area contributed by atoms with Gasteiger partial charge in [-0.1, -0.05) is 39.5 Å². The zero-order chi connectivity index (χ0) is 17.9. The first-order valence-electron chi connectivity index (χ1n) is 9.96. The Hall–Kier alpha value is -1.62. The Bertz CT molecular complexity index is 506. The fourth-order valence-electron chi connectivity index (χ4n) is 3.38. The third kappa shape index (κ3) is 6.65. The van der Waals surface area contributed by atoms with Crippen LogP contribution in [-0.4, -0.2) is 55.1 Å². The van der Waals surface area contributed by atoms with Crippen LogP contribution in [-0.2, 0) is 0 Å². The Morgan fingerprint density at radius 1 is 1.12 bits per heavy atom. The van der Waals surface area contributed by atoms with Crippen LogP contribution in [0.3, 0.4) is 0 Å². The van der Waals surface area contributed by atoms with Crippen molar-refractivity contribution in [2.24, 2.45) is 0 Å². The lowest BCUT2D eigenvalue weighted by Gasteiger charge is -2.24. The second-order valence-corrected chi connectivity index (χ2v) is 6.79. The van der Waals surface area contributed by atoms with E-state index in [-0.39, 0.29) is 5.91 Å². The molecule has 0 saturated carbocycles. The first-order chi connectivity index (χ1) is 12.2. The summed E-state index contributed by atoms with van der Waals surface area (Å²) < 4.78 is 0. The molecule has 1 saturated heterocycles. The molecule has 0 aromatic carbocycles. The molecule has 1 amide bonds. The van der Waals surface area contributed by atoms with E-state index in [9.17, 15) is 4.79 Å². The van der Waals surface area contributed by atoms with E-state index in [1.165, 1.54) is 38.5 Å². The molecule has 0 atom stereocenters. The molecule has 5 heteroatoms. The summed E-state index contributed by atoms with van der Waals surface area (Å²) in [6.07, 6.45) is 9.54. The van der Waals surface area contributed by atoms with Crippen LogP contribution < -0.4 is 10.2 Å². The van der Waals surface area contributed by atoms with E-state index in [1.807, 2.05) is 12.1 Å². The van der Waals surface area contributed by atoms with E-state index < -0.39 is 0 Å². The molecule has 1 N–H and O–H groups in total. The van der Waals surface area contributed by atoms with Crippen LogP contribution in [0.15, 0.2) is 18.3 Å². The Labute approximate surface area is 152 Å². The Morgan fingerprint density at radius 2 is 1.76 bits per heavy atom. The molecule has 1 aliphatic heterocycles. The standard InChI is InChI=1S/C20H34N4O/c1-3-23(4-2)16-13-22-20(25)19-17-18(11-12-21-19)24-14-9-7-5-6-8-10-15-24/h11-12,17H,3-10,13-16H2,1-2H3,(H,22,25). The van der Waals surface area contributed by atoms with Gasteiger partial charge in [-0.3, -0.25) is 9.78 Å². The molecule has 1 fully saturated rings. The number of nitrogens with one attached hydrogen (secondary N) is 1. The molecule has 1 aromatic heterocycles. The Kier molecular flexibility index (Phi) is 8.73. The van der Waals surface area contributed by atoms with Crippen LogP contribution in [0.2, 0.25) is 0 Å². The van der Waals surface area contributed by atoms with Gasteiger partial charge in [-0.2, -0.15) is 0 Å². The minimum absolute atomic E-state index is 0.0710. The highest BCUT2D eigenvalue weighted by Crippen LogP contribution is 2.19. The molecule has 1 aromatic rings. The topological polar surface area (TPSA) is 48.5 Å². The summed E-state index contributed by atoms with van der Waals surface area (Å²) >= 11 is 0. The van der Waals surface area contributed by atoms with E-state index in [0.29, 0.717) is 12.2 Å². The molecule has 2 rings (SSSR count). The third-order valence-corrected chi connectivity index (χ3v) is 5.06. The normalized spacial score (nSPS) is 16.2. The van der Waals surface area contributed by atoms with Crippen molar-refractivity contribution in [3.63, 3.8) is 0 Å². The van der Waals surface area contributed by atoms with Crippen LogP contribution in [0.5, 0.6) is 0 Å². The number of likely N-dealkylation sites (N-methyl/N-ethyl adjacent to an activating group) is 1. The van der Waals surface area contributed by atoms with Crippen molar-refractivity contribution < 1.29 is 4.79 Å². The monoisotopic (exact) mass is 346 g/mol. The van der Waals surface area contributed by atoms with Crippen molar-refractivity contribution in [2.75, 3.05) is 44.2 Å². The van der Waals surface area contributed by atoms with Crippen LogP contribution in [0, 0.1) is 0 Å². The lowest BCUT2D eigenvalue weighted by atomic mass is 10.1. The van der Waals surface area contributed by atoms with Crippen molar-refractivity contribution in [1.82, 2.24) is 15.2 Å². The highest BCUT2D eigenvalue weighted by Gasteiger charge is 2.13. The third-order valence-electron chi connectivity index (χ3n) is 5.06. The minimum Gasteiger partial charge on any atom is -0.371 e. The lowest BCUT2D eigenvalue weighted by Crippen LogP contribution is -2.35. The van der Waals surface area contributed by atoms with E-state index in [2.05, 4.69) is 33.9 Å². The highest BCUT2D eigenvalue weighted by molar-refractivity contribution is 5.93. The number of aromatic nitrogens is 1. The van der Waals surface area contributed by atoms with E-state index >= 15 is 0 Å². The second-order valence-electron chi connectivity index (χ2n) is 6.79. The van der Waals surface area contributed by atoms with Gasteiger partial charge in [0, 0.05) is 38.1 Å². The molecule has 140 valence electrons. The van der Waals surface area contributed by atoms with Gasteiger partial charge in [0.1, 0.15) is 5.69 Å². The number of hydrogen-bond donors (Lipinski definition) is 1. The highest BCUT2D eigenvalue weighted by atomic mass is 16.1. The molecular weight excluding hydrogens is 312 g/mol. The van der Waals surface area contributed by atoms with Gasteiger partial charge < -0.3 is 15.1 Å². The van der Waals surface area contributed by atoms with Gasteiger partial charge >= 0.3 is 0 Å². The Morgan fingerprint density at radius 3 is 2.40 bits per heavy atom. The van der Waals surface area contributed by atoms with Crippen molar-refractivity contribution in [3.05, 3.63) is 24.0 Å². The fourth-order valence-corrected chi connectivity index (χ4v) is 3.38. The average molecular weight is 347 g/mol. The van der Waals surface area contributed by atoms with Crippen LogP contribution in [0.1, 0.15) is 62.9 Å². The van der Waals surface area contributed by atoms with Crippen LogP contribution in [0.4, 0.5) is 5.69 Å². The molecule has 1 aliphatic rings. The van der Waals surface area contributed by atoms with Gasteiger partial charge in [0.2, 0.25) is 0 Å². The van der Waals surface area contributed by atoms with Crippen molar-refractivity contribution in [3.8, 4) is 0 Å². The van der Waals surface area contributed by atoms with E-state index in [4.69, 9.17) is 0 Å². The summed E-state index contributed by atoms with van der Waals surface area (Å²) in [7, 11) is 0. The number of carbonyl (C=O) groups is 1. The first-order valence-corrected chi connectivity index (χ1v) is 9.96. The number of anilines is 1. The number of carbonyl (C=O) groups excluding carboxylic acids is 1. The summed E-state index contributed by atoms with van der Waals surface area (Å²) in [6.45, 7) is 9.99. The van der Waals surface area contributed by atoms with Gasteiger partial charge in [0.05, 0.1) is 0 Å². The molecule has 0 aliphatic carbocycles. The predicted octanol–water partition coefficient (Wildman–Crippen LogP) is 3.31. The zero-order valence-electron chi connectivity index (χ0n) is 16.0. The number of amides is 1. The van der Waals surface area contributed by atoms with Crippen LogP contribution >= 0.6 is 0 Å². The number of rotatable bonds is 7. The maximum atomic E-state index is 12.4. The average Bonchev–Trinajstić information content (AvgIpc) is 2.79. The first kappa shape index (κ1) is 19.7. The quantitative estimate of drug-likeness (QED) is 0.823. The van der Waals surface area contributed by atoms with Gasteiger partial charge in [0.25, 0.3) is 5.91 Å². The summed E-state index contributed by atoms with van der Waals surface area (Å²) in [5.74, 6) is -0.0710. The molecule has 0 bridgehead atoms. The number of hydrogen-bond acceptors (Lipinski definition) is 4. The summed E-state index contributed by atoms with van der Waals surface area (Å²) in [5.41, 5.74) is 1.66. The number of nitrogens with zero attached hydrogens (tertiary/aromatic N) is 3. The molecule has 0 unspecified atom stereocenters. The predicted molar refractivity (Wildman–Crippen MR) is 104 cm³/mol. The van der Waals surface area contributed by atoms with E-state index in [0.717, 1.165) is 38.4 Å². The fraction of sp³-hybridized carbons (Fsp3) is 0.700. The van der Waals surface area contributed by atoms with Crippen molar-refractivity contribution in [2.45, 2.75) is 52.4 Å². The van der Waals surface area contributed by atoms with Crippen molar-refractivity contribution in [1.29, 1.82) is 0 Å². The molecule has 5 nitrogen and oxygen atoms in total. The zero-order valence-corrected chi connectivity index (χ0v) is 16.0. The minimum atomic E-state index is -0.0710. The summed E-state index contributed by atoms with van der Waals surface area (Å²) in [5, 5.41) is 3.00. The molecular formula is C20H34N4O. The maximum Gasteiger partial charge on any atom is 0.269 e. The maximum absolute atomic E-state index is 12.4. The molecule has 25 heavy (non-hydrogen) atoms. The SMILES string of the molecule is CCN(CC)CCNC(=O)c1cc(N2CCCCCCCC2)ccn1. The largest absolute Gasteiger partial charge is 0.371 e. The van der Waals surface area contributed by atoms with Crippen molar-refractivity contribution >= 4 is 11.6 Å². The van der Waals surface area contributed by atoms with Crippen LogP contribution in [0.25, 0.3) is 0 Å². The summed E-state index contributed by atoms with van der Waals surface area (Å²) in [4.78, 5) is 21.4. The molecule has 0 spiro atoms. The smallest absolute Gasteiger partial charge is 0.269 e. The van der Waals surface area contributed by atoms with Gasteiger partial charge in [-0.15, -0.1) is 0 Å². The lowest BCUT2D eigenvalue weighted by molar-refractivity contribution is 0.0944. The van der Waals surface area contributed by atoms with Gasteiger partial charge in [-0.25, -0.2) is 0 Å². The number of pyridine rings is 1.